The Morgan fingerprint density at radius 1 is 1.61 bits per heavy atom. The summed E-state index contributed by atoms with van der Waals surface area (Å²) >= 11 is 0. The molecule has 2 heterocycles. The zero-order valence-corrected chi connectivity index (χ0v) is 9.47. The third-order valence-electron chi connectivity index (χ3n) is 2.37. The molecular weight excluding hydrogens is 238 g/mol. The number of oxime groups is 1. The molecule has 0 fully saturated rings. The Kier molecular flexibility index (Phi) is 3.00. The summed E-state index contributed by atoms with van der Waals surface area (Å²) in [4.78, 5) is 11.9. The van der Waals surface area contributed by atoms with Gasteiger partial charge in [-0.15, -0.1) is 0 Å². The van der Waals surface area contributed by atoms with Gasteiger partial charge in [-0.1, -0.05) is 5.16 Å². The lowest BCUT2D eigenvalue weighted by Gasteiger charge is -2.03. The zero-order chi connectivity index (χ0) is 13.1. The molecule has 94 valence electrons. The number of aromatic nitrogens is 2. The van der Waals surface area contributed by atoms with Crippen LogP contribution in [0, 0.1) is 6.92 Å². The fourth-order valence-corrected chi connectivity index (χ4v) is 1.43. The van der Waals surface area contributed by atoms with Crippen molar-refractivity contribution in [1.82, 2.24) is 10.2 Å². The number of carbonyl (C=O) groups excluding carboxylic acids is 1. The van der Waals surface area contributed by atoms with E-state index in [1.54, 1.807) is 13.0 Å². The maximum atomic E-state index is 11.9. The minimum Gasteiger partial charge on any atom is -0.469 e. The van der Waals surface area contributed by atoms with Gasteiger partial charge in [-0.2, -0.15) is 5.10 Å². The second-order valence-corrected chi connectivity index (χ2v) is 3.49. The topological polar surface area (TPSA) is 130 Å². The molecule has 0 unspecified atom stereocenters. The Balaban J connectivity index is 2.23. The molecule has 18 heavy (non-hydrogen) atoms. The number of hydrogen-bond acceptors (Lipinski definition) is 5. The van der Waals surface area contributed by atoms with Crippen molar-refractivity contribution in [3.8, 4) is 0 Å². The van der Waals surface area contributed by atoms with E-state index in [2.05, 4.69) is 20.7 Å². The van der Waals surface area contributed by atoms with Crippen molar-refractivity contribution < 1.29 is 14.4 Å². The molecular formula is C10H11N5O3. The summed E-state index contributed by atoms with van der Waals surface area (Å²) in [5, 5.41) is 20.3. The number of H-pyrrole nitrogens is 1. The number of amidine groups is 1. The molecule has 0 aliphatic heterocycles. The minimum absolute atomic E-state index is 0.150. The Labute approximate surface area is 101 Å². The summed E-state index contributed by atoms with van der Waals surface area (Å²) in [5.74, 6) is 0.216. The number of anilines is 1. The van der Waals surface area contributed by atoms with Gasteiger partial charge >= 0.3 is 0 Å². The predicted molar refractivity (Wildman–Crippen MR) is 62.5 cm³/mol. The SMILES string of the molecule is Cc1occc1C(=O)Nc1[nH]ncc1C(N)=NO. The van der Waals surface area contributed by atoms with E-state index >= 15 is 0 Å². The maximum Gasteiger partial charge on any atom is 0.260 e. The highest BCUT2D eigenvalue weighted by atomic mass is 16.4. The molecule has 8 nitrogen and oxygen atoms in total. The van der Waals surface area contributed by atoms with Gasteiger partial charge in [0.25, 0.3) is 5.91 Å². The van der Waals surface area contributed by atoms with Crippen LogP contribution in [-0.4, -0.2) is 27.1 Å². The first-order valence-electron chi connectivity index (χ1n) is 5.00. The maximum absolute atomic E-state index is 11.9. The second-order valence-electron chi connectivity index (χ2n) is 3.49. The average molecular weight is 249 g/mol. The number of hydrogen-bond donors (Lipinski definition) is 4. The van der Waals surface area contributed by atoms with Gasteiger partial charge in [-0.05, 0) is 13.0 Å². The Morgan fingerprint density at radius 2 is 2.39 bits per heavy atom. The van der Waals surface area contributed by atoms with Crippen molar-refractivity contribution in [1.29, 1.82) is 0 Å². The molecule has 1 amide bonds. The Hall–Kier alpha value is -2.77. The van der Waals surface area contributed by atoms with Crippen molar-refractivity contribution in [2.75, 3.05) is 5.32 Å². The van der Waals surface area contributed by atoms with Crippen LogP contribution in [0.2, 0.25) is 0 Å². The monoisotopic (exact) mass is 249 g/mol. The number of aryl methyl sites for hydroxylation is 1. The lowest BCUT2D eigenvalue weighted by Crippen LogP contribution is -2.18. The van der Waals surface area contributed by atoms with Crippen LogP contribution in [0.3, 0.4) is 0 Å². The number of nitrogens with zero attached hydrogens (tertiary/aromatic N) is 2. The highest BCUT2D eigenvalue weighted by Gasteiger charge is 2.16. The summed E-state index contributed by atoms with van der Waals surface area (Å²) in [5.41, 5.74) is 6.13. The quantitative estimate of drug-likeness (QED) is 0.275. The van der Waals surface area contributed by atoms with Crippen LogP contribution in [0.15, 0.2) is 28.1 Å². The molecule has 2 aromatic rings. The van der Waals surface area contributed by atoms with Crippen molar-refractivity contribution in [2.24, 2.45) is 10.9 Å². The molecule has 0 aromatic carbocycles. The van der Waals surface area contributed by atoms with Crippen LogP contribution < -0.4 is 11.1 Å². The fraction of sp³-hybridized carbons (Fsp3) is 0.100. The largest absolute Gasteiger partial charge is 0.469 e. The zero-order valence-electron chi connectivity index (χ0n) is 9.47. The molecule has 0 bridgehead atoms. The normalized spacial score (nSPS) is 11.5. The highest BCUT2D eigenvalue weighted by Crippen LogP contribution is 2.14. The number of rotatable bonds is 3. The van der Waals surface area contributed by atoms with Crippen LogP contribution in [0.25, 0.3) is 0 Å². The lowest BCUT2D eigenvalue weighted by molar-refractivity contribution is 0.102. The number of furan rings is 1. The second kappa shape index (κ2) is 4.62. The Bertz CT molecular complexity index is 598. The molecule has 8 heteroatoms. The van der Waals surface area contributed by atoms with Gasteiger partial charge in [0, 0.05) is 0 Å². The fourth-order valence-electron chi connectivity index (χ4n) is 1.43. The van der Waals surface area contributed by atoms with Crippen LogP contribution in [0.1, 0.15) is 21.7 Å². The summed E-state index contributed by atoms with van der Waals surface area (Å²) in [6, 6.07) is 1.55. The van der Waals surface area contributed by atoms with E-state index in [0.717, 1.165) is 0 Å². The molecule has 0 aliphatic carbocycles. The number of nitrogens with one attached hydrogen (secondary N) is 2. The molecule has 5 N–H and O–H groups in total. The van der Waals surface area contributed by atoms with Gasteiger partial charge in [-0.3, -0.25) is 9.89 Å². The van der Waals surface area contributed by atoms with E-state index in [9.17, 15) is 4.79 Å². The standard InChI is InChI=1S/C10H11N5O3/c1-5-6(2-3-18-5)10(16)13-9-7(4-12-14-9)8(11)15-17/h2-4,17H,1H3,(H2,11,15)(H2,12,13,14,16). The lowest BCUT2D eigenvalue weighted by atomic mass is 10.2. The Morgan fingerprint density at radius 3 is 3.00 bits per heavy atom. The summed E-state index contributed by atoms with van der Waals surface area (Å²) in [7, 11) is 0. The van der Waals surface area contributed by atoms with Crippen molar-refractivity contribution in [3.63, 3.8) is 0 Å². The van der Waals surface area contributed by atoms with Crippen LogP contribution >= 0.6 is 0 Å². The third kappa shape index (κ3) is 2.03. The van der Waals surface area contributed by atoms with E-state index in [1.807, 2.05) is 0 Å². The van der Waals surface area contributed by atoms with Gasteiger partial charge in [0.2, 0.25) is 0 Å². The summed E-state index contributed by atoms with van der Waals surface area (Å²) in [6.45, 7) is 1.67. The van der Waals surface area contributed by atoms with Crippen molar-refractivity contribution in [3.05, 3.63) is 35.4 Å². The van der Waals surface area contributed by atoms with Gasteiger partial charge < -0.3 is 20.7 Å². The van der Waals surface area contributed by atoms with Gasteiger partial charge in [-0.25, -0.2) is 0 Å². The van der Waals surface area contributed by atoms with Crippen LogP contribution in [0.5, 0.6) is 0 Å². The molecule has 0 aliphatic rings. The molecule has 0 saturated heterocycles. The molecule has 2 rings (SSSR count). The van der Waals surface area contributed by atoms with Crippen molar-refractivity contribution >= 4 is 17.6 Å². The van der Waals surface area contributed by atoms with Crippen LogP contribution in [-0.2, 0) is 0 Å². The first-order valence-corrected chi connectivity index (χ1v) is 5.00. The van der Waals surface area contributed by atoms with E-state index in [-0.39, 0.29) is 17.6 Å². The molecule has 0 radical (unpaired) electrons. The summed E-state index contributed by atoms with van der Waals surface area (Å²) in [6.07, 6.45) is 2.76. The third-order valence-corrected chi connectivity index (χ3v) is 2.37. The summed E-state index contributed by atoms with van der Waals surface area (Å²) < 4.78 is 5.03. The molecule has 0 spiro atoms. The first kappa shape index (κ1) is 11.7. The number of nitrogens with two attached hydrogens (primary N) is 1. The van der Waals surface area contributed by atoms with E-state index in [1.165, 1.54) is 12.5 Å². The predicted octanol–water partition coefficient (Wildman–Crippen LogP) is 0.658. The van der Waals surface area contributed by atoms with Crippen molar-refractivity contribution in [2.45, 2.75) is 6.92 Å². The number of amides is 1. The number of carbonyl (C=O) groups is 1. The van der Waals surface area contributed by atoms with Gasteiger partial charge in [0.1, 0.15) is 11.6 Å². The van der Waals surface area contributed by atoms with Gasteiger partial charge in [0.05, 0.1) is 23.6 Å². The molecule has 0 saturated carbocycles. The smallest absolute Gasteiger partial charge is 0.260 e. The van der Waals surface area contributed by atoms with E-state index in [4.69, 9.17) is 15.4 Å². The number of aromatic amines is 1. The molecule has 0 atom stereocenters. The van der Waals surface area contributed by atoms with Gasteiger partial charge in [0.15, 0.2) is 5.84 Å². The van der Waals surface area contributed by atoms with E-state index < -0.39 is 0 Å². The highest BCUT2D eigenvalue weighted by molar-refractivity contribution is 6.09. The minimum atomic E-state index is -0.377. The van der Waals surface area contributed by atoms with Crippen LogP contribution in [0.4, 0.5) is 5.82 Å². The first-order chi connectivity index (χ1) is 8.63. The average Bonchev–Trinajstić information content (AvgIpc) is 2.97. The molecule has 2 aromatic heterocycles. The van der Waals surface area contributed by atoms with E-state index in [0.29, 0.717) is 16.9 Å².